The molecule has 1 aromatic carbocycles. The van der Waals surface area contributed by atoms with Gasteiger partial charge in [0, 0.05) is 6.07 Å². The third-order valence-electron chi connectivity index (χ3n) is 2.57. The highest BCUT2D eigenvalue weighted by atomic mass is 35.5. The van der Waals surface area contributed by atoms with E-state index in [2.05, 4.69) is 10.2 Å². The normalized spacial score (nSPS) is 11.8. The minimum atomic E-state index is -2.67. The van der Waals surface area contributed by atoms with Crippen molar-refractivity contribution >= 4 is 42.7 Å². The second-order valence-corrected chi connectivity index (χ2v) is 5.00. The molecule has 0 radical (unpaired) electrons. The zero-order valence-electron chi connectivity index (χ0n) is 10.2. The van der Waals surface area contributed by atoms with Crippen molar-refractivity contribution in [3.63, 3.8) is 0 Å². The lowest BCUT2D eigenvalue weighted by Crippen LogP contribution is -2.09. The van der Waals surface area contributed by atoms with Gasteiger partial charge in [-0.15, -0.1) is 0 Å². The summed E-state index contributed by atoms with van der Waals surface area (Å²) in [7, 11) is 0.254. The van der Waals surface area contributed by atoms with Gasteiger partial charge < -0.3 is 5.09 Å². The van der Waals surface area contributed by atoms with Gasteiger partial charge in [0.1, 0.15) is 12.1 Å². The Morgan fingerprint density at radius 1 is 1.60 bits per heavy atom. The first-order valence-corrected chi connectivity index (χ1v) is 7.37. The van der Waals surface area contributed by atoms with Crippen molar-refractivity contribution in [2.45, 2.75) is 13.0 Å². The highest BCUT2D eigenvalue weighted by Crippen LogP contribution is 2.37. The SMILES string of the molecule is CPNc1nn(CC(F)F)c2c([N+](=O)[O-])ccc(Cl)c12. The zero-order valence-corrected chi connectivity index (χ0v) is 12.0. The molecule has 1 unspecified atom stereocenters. The van der Waals surface area contributed by atoms with Crippen LogP contribution >= 0.6 is 20.3 Å². The Kier molecular flexibility index (Phi) is 4.35. The molecular formula is C10H10ClF2N4O2P. The molecule has 6 nitrogen and oxygen atoms in total. The molecule has 1 heterocycles. The predicted molar refractivity (Wildman–Crippen MR) is 75.3 cm³/mol. The van der Waals surface area contributed by atoms with Crippen molar-refractivity contribution in [3.05, 3.63) is 27.3 Å². The quantitative estimate of drug-likeness (QED) is 0.519. The first kappa shape index (κ1) is 14.9. The highest BCUT2D eigenvalue weighted by Gasteiger charge is 2.24. The van der Waals surface area contributed by atoms with E-state index in [0.29, 0.717) is 0 Å². The molecule has 0 bridgehead atoms. The van der Waals surface area contributed by atoms with Crippen LogP contribution in [-0.2, 0) is 6.54 Å². The molecule has 2 aromatic rings. The Labute approximate surface area is 119 Å². The van der Waals surface area contributed by atoms with Crippen LogP contribution in [0.25, 0.3) is 10.9 Å². The number of nitrogens with one attached hydrogen (secondary N) is 1. The van der Waals surface area contributed by atoms with Crippen LogP contribution < -0.4 is 5.09 Å². The molecule has 0 saturated carbocycles. The largest absolute Gasteiger partial charge is 0.350 e. The van der Waals surface area contributed by atoms with Gasteiger partial charge in [0.15, 0.2) is 5.82 Å². The van der Waals surface area contributed by atoms with Crippen LogP contribution in [0.5, 0.6) is 0 Å². The summed E-state index contributed by atoms with van der Waals surface area (Å²) in [6.45, 7) is 1.09. The summed E-state index contributed by atoms with van der Waals surface area (Å²) < 4.78 is 26.1. The number of anilines is 1. The summed E-state index contributed by atoms with van der Waals surface area (Å²) in [6, 6.07) is 2.55. The second-order valence-electron chi connectivity index (χ2n) is 3.84. The lowest BCUT2D eigenvalue weighted by atomic mass is 10.2. The van der Waals surface area contributed by atoms with E-state index in [9.17, 15) is 18.9 Å². The number of nitro benzene ring substituents is 1. The van der Waals surface area contributed by atoms with Gasteiger partial charge in [0.25, 0.3) is 12.1 Å². The van der Waals surface area contributed by atoms with Gasteiger partial charge in [-0.3, -0.25) is 10.1 Å². The maximum Gasteiger partial charge on any atom is 0.295 e. The number of aromatic nitrogens is 2. The molecule has 1 aromatic heterocycles. The molecule has 0 amide bonds. The molecule has 10 heteroatoms. The molecule has 1 N–H and O–H groups in total. The summed E-state index contributed by atoms with van der Waals surface area (Å²) in [5.74, 6) is 0.273. The van der Waals surface area contributed by atoms with E-state index in [1.54, 1.807) is 0 Å². The standard InChI is InChI=1S/C10H10ClF2N4O2P/c1-20-15-10-8-5(11)2-3-6(17(18)19)9(8)16(14-10)4-7(12)13/h2-3,7,20H,4H2,1H3,(H,14,15). The van der Waals surface area contributed by atoms with E-state index in [0.717, 1.165) is 4.68 Å². The average Bonchev–Trinajstić information content (AvgIpc) is 2.69. The van der Waals surface area contributed by atoms with Crippen molar-refractivity contribution in [3.8, 4) is 0 Å². The summed E-state index contributed by atoms with van der Waals surface area (Å²) in [6.07, 6.45) is -2.67. The van der Waals surface area contributed by atoms with Crippen molar-refractivity contribution in [1.29, 1.82) is 0 Å². The van der Waals surface area contributed by atoms with E-state index in [1.807, 2.05) is 6.66 Å². The second kappa shape index (κ2) is 5.85. The fraction of sp³-hybridized carbons (Fsp3) is 0.300. The molecule has 0 fully saturated rings. The summed E-state index contributed by atoms with van der Waals surface area (Å²) >= 11 is 6.02. The van der Waals surface area contributed by atoms with Crippen LogP contribution in [0.4, 0.5) is 20.3 Å². The van der Waals surface area contributed by atoms with Crippen LogP contribution in [0, 0.1) is 10.1 Å². The van der Waals surface area contributed by atoms with Gasteiger partial charge in [-0.1, -0.05) is 11.6 Å². The predicted octanol–water partition coefficient (Wildman–Crippen LogP) is 3.50. The highest BCUT2D eigenvalue weighted by molar-refractivity contribution is 7.38. The minimum Gasteiger partial charge on any atom is -0.350 e. The van der Waals surface area contributed by atoms with Gasteiger partial charge in [-0.2, -0.15) is 5.10 Å². The first-order chi connectivity index (χ1) is 9.45. The molecule has 2 rings (SSSR count). The maximum atomic E-state index is 12.6. The fourth-order valence-corrected chi connectivity index (χ4v) is 2.53. The third-order valence-corrected chi connectivity index (χ3v) is 3.37. The number of halogens is 3. The zero-order chi connectivity index (χ0) is 14.9. The van der Waals surface area contributed by atoms with E-state index in [1.165, 1.54) is 12.1 Å². The Morgan fingerprint density at radius 3 is 2.85 bits per heavy atom. The van der Waals surface area contributed by atoms with Gasteiger partial charge >= 0.3 is 0 Å². The van der Waals surface area contributed by atoms with E-state index < -0.39 is 17.9 Å². The molecule has 108 valence electrons. The molecule has 0 aliphatic heterocycles. The van der Waals surface area contributed by atoms with Gasteiger partial charge in [0.2, 0.25) is 0 Å². The number of nitro groups is 1. The Balaban J connectivity index is 2.77. The number of benzene rings is 1. The number of fused-ring (bicyclic) bond motifs is 1. The van der Waals surface area contributed by atoms with Crippen LogP contribution in [0.2, 0.25) is 5.02 Å². The van der Waals surface area contributed by atoms with Crippen LogP contribution in [0.1, 0.15) is 0 Å². The van der Waals surface area contributed by atoms with Gasteiger partial charge in [0.05, 0.1) is 15.3 Å². The lowest BCUT2D eigenvalue weighted by molar-refractivity contribution is -0.383. The smallest absolute Gasteiger partial charge is 0.295 e. The monoisotopic (exact) mass is 322 g/mol. The number of non-ortho nitro benzene ring substituents is 1. The van der Waals surface area contributed by atoms with Crippen molar-refractivity contribution in [1.82, 2.24) is 9.78 Å². The van der Waals surface area contributed by atoms with Crippen molar-refractivity contribution in [2.24, 2.45) is 0 Å². The molecule has 0 spiro atoms. The topological polar surface area (TPSA) is 73.0 Å². The number of rotatable bonds is 5. The van der Waals surface area contributed by atoms with Gasteiger partial charge in [-0.25, -0.2) is 13.5 Å². The first-order valence-electron chi connectivity index (χ1n) is 5.50. The van der Waals surface area contributed by atoms with Crippen LogP contribution in [0.15, 0.2) is 12.1 Å². The molecule has 1 atom stereocenters. The third kappa shape index (κ3) is 2.66. The molecular weight excluding hydrogens is 313 g/mol. The Morgan fingerprint density at radius 2 is 2.30 bits per heavy atom. The number of hydrogen-bond acceptors (Lipinski definition) is 4. The van der Waals surface area contributed by atoms with E-state index in [-0.39, 0.29) is 36.2 Å². The fourth-order valence-electron chi connectivity index (χ4n) is 1.88. The summed E-state index contributed by atoms with van der Waals surface area (Å²) in [5.41, 5.74) is -0.298. The lowest BCUT2D eigenvalue weighted by Gasteiger charge is -2.03. The van der Waals surface area contributed by atoms with E-state index >= 15 is 0 Å². The molecule has 0 saturated heterocycles. The van der Waals surface area contributed by atoms with Crippen molar-refractivity contribution in [2.75, 3.05) is 11.8 Å². The number of hydrogen-bond donors (Lipinski definition) is 1. The Bertz CT molecular complexity index is 664. The van der Waals surface area contributed by atoms with Crippen LogP contribution in [0.3, 0.4) is 0 Å². The summed E-state index contributed by atoms with van der Waals surface area (Å²) in [5, 5.41) is 18.4. The molecule has 0 aliphatic carbocycles. The minimum absolute atomic E-state index is 0.00329. The maximum absolute atomic E-state index is 12.6. The molecule has 20 heavy (non-hydrogen) atoms. The average molecular weight is 323 g/mol. The number of alkyl halides is 2. The van der Waals surface area contributed by atoms with E-state index in [4.69, 9.17) is 11.6 Å². The Hall–Kier alpha value is -1.53. The number of nitrogens with zero attached hydrogens (tertiary/aromatic N) is 3. The summed E-state index contributed by atoms with van der Waals surface area (Å²) in [4.78, 5) is 10.4. The van der Waals surface area contributed by atoms with Gasteiger partial charge in [-0.05, 0) is 21.5 Å². The van der Waals surface area contributed by atoms with Crippen molar-refractivity contribution < 1.29 is 13.7 Å². The molecule has 0 aliphatic rings. The van der Waals surface area contributed by atoms with Crippen LogP contribution in [-0.4, -0.2) is 27.8 Å².